The van der Waals surface area contributed by atoms with Crippen LogP contribution >= 0.6 is 12.2 Å². The van der Waals surface area contributed by atoms with Gasteiger partial charge in [0.15, 0.2) is 11.5 Å². The molecule has 29 heavy (non-hydrogen) atoms. The number of fused-ring (bicyclic) bond motifs is 1. The van der Waals surface area contributed by atoms with Crippen LogP contribution in [0.25, 0.3) is 11.5 Å². The van der Waals surface area contributed by atoms with E-state index in [4.69, 9.17) is 26.1 Å². The molecule has 0 saturated carbocycles. The topological polar surface area (TPSA) is 55.9 Å². The maximum atomic E-state index is 5.74. The SMILES string of the molecule is S=c1oc(-c2ccc3c(c2)OCO3)nn1CN1CCN(Cc2ccccc2)CC1. The fourth-order valence-electron chi connectivity index (χ4n) is 3.66. The van der Waals surface area contributed by atoms with E-state index in [1.807, 2.05) is 18.2 Å². The van der Waals surface area contributed by atoms with E-state index in [1.165, 1.54) is 5.56 Å². The molecule has 3 heterocycles. The molecule has 2 aliphatic heterocycles. The lowest BCUT2D eigenvalue weighted by Crippen LogP contribution is -2.46. The molecule has 0 spiro atoms. The Kier molecular flexibility index (Phi) is 5.05. The highest BCUT2D eigenvalue weighted by atomic mass is 32.1. The maximum absolute atomic E-state index is 5.74. The zero-order chi connectivity index (χ0) is 19.6. The molecule has 0 bridgehead atoms. The Morgan fingerprint density at radius 2 is 1.66 bits per heavy atom. The summed E-state index contributed by atoms with van der Waals surface area (Å²) in [6.07, 6.45) is 0. The summed E-state index contributed by atoms with van der Waals surface area (Å²) >= 11 is 5.39. The monoisotopic (exact) mass is 410 g/mol. The fraction of sp³-hybridized carbons (Fsp3) is 0.333. The Hall–Kier alpha value is -2.68. The largest absolute Gasteiger partial charge is 0.454 e. The summed E-state index contributed by atoms with van der Waals surface area (Å²) in [6, 6.07) is 16.2. The quantitative estimate of drug-likeness (QED) is 0.598. The van der Waals surface area contributed by atoms with Gasteiger partial charge in [-0.15, -0.1) is 5.10 Å². The molecule has 0 aliphatic carbocycles. The minimum absolute atomic E-state index is 0.243. The van der Waals surface area contributed by atoms with E-state index in [2.05, 4.69) is 45.2 Å². The normalized spacial score (nSPS) is 17.0. The van der Waals surface area contributed by atoms with Crippen molar-refractivity contribution in [3.8, 4) is 23.0 Å². The third-order valence-corrected chi connectivity index (χ3v) is 5.57. The van der Waals surface area contributed by atoms with Crippen molar-refractivity contribution in [2.75, 3.05) is 33.0 Å². The zero-order valence-electron chi connectivity index (χ0n) is 16.0. The molecule has 5 rings (SSSR count). The Bertz CT molecular complexity index is 1040. The summed E-state index contributed by atoms with van der Waals surface area (Å²) in [5, 5.41) is 4.58. The van der Waals surface area contributed by atoms with Crippen LogP contribution in [0.3, 0.4) is 0 Å². The van der Waals surface area contributed by atoms with Crippen LogP contribution in [0.2, 0.25) is 0 Å². The number of hydrogen-bond donors (Lipinski definition) is 0. The number of ether oxygens (including phenoxy) is 2. The molecule has 3 aromatic rings. The molecule has 0 N–H and O–H groups in total. The van der Waals surface area contributed by atoms with Crippen LogP contribution in [-0.4, -0.2) is 52.6 Å². The Balaban J connectivity index is 1.21. The van der Waals surface area contributed by atoms with E-state index in [0.29, 0.717) is 23.1 Å². The van der Waals surface area contributed by atoms with Gasteiger partial charge in [0.05, 0.1) is 6.67 Å². The summed E-state index contributed by atoms with van der Waals surface area (Å²) in [7, 11) is 0. The predicted octanol–water partition coefficient (Wildman–Crippen LogP) is 3.38. The van der Waals surface area contributed by atoms with Crippen LogP contribution in [0.15, 0.2) is 52.9 Å². The highest BCUT2D eigenvalue weighted by Gasteiger charge is 2.20. The second-order valence-corrected chi connectivity index (χ2v) is 7.61. The van der Waals surface area contributed by atoms with Crippen molar-refractivity contribution in [3.05, 3.63) is 58.9 Å². The van der Waals surface area contributed by atoms with Gasteiger partial charge in [-0.1, -0.05) is 30.3 Å². The van der Waals surface area contributed by atoms with Gasteiger partial charge >= 0.3 is 0 Å². The molecule has 150 valence electrons. The van der Waals surface area contributed by atoms with Crippen LogP contribution in [0.4, 0.5) is 0 Å². The van der Waals surface area contributed by atoms with E-state index in [1.54, 1.807) is 4.68 Å². The Morgan fingerprint density at radius 3 is 2.48 bits per heavy atom. The van der Waals surface area contributed by atoms with Crippen LogP contribution < -0.4 is 9.47 Å². The second-order valence-electron chi connectivity index (χ2n) is 7.26. The molecular weight excluding hydrogens is 388 g/mol. The van der Waals surface area contributed by atoms with Gasteiger partial charge in [-0.3, -0.25) is 9.80 Å². The molecule has 2 aliphatic rings. The van der Waals surface area contributed by atoms with Crippen LogP contribution in [-0.2, 0) is 13.2 Å². The molecule has 0 atom stereocenters. The maximum Gasteiger partial charge on any atom is 0.288 e. The van der Waals surface area contributed by atoms with Crippen molar-refractivity contribution in [2.24, 2.45) is 0 Å². The summed E-state index contributed by atoms with van der Waals surface area (Å²) in [5.41, 5.74) is 2.18. The molecule has 0 radical (unpaired) electrons. The summed E-state index contributed by atoms with van der Waals surface area (Å²) in [6.45, 7) is 5.86. The number of piperazine rings is 1. The first-order chi connectivity index (χ1) is 14.2. The van der Waals surface area contributed by atoms with E-state index in [0.717, 1.165) is 44.0 Å². The number of rotatable bonds is 5. The van der Waals surface area contributed by atoms with Gasteiger partial charge in [0.1, 0.15) is 0 Å². The van der Waals surface area contributed by atoms with Gasteiger partial charge in [0.25, 0.3) is 4.84 Å². The van der Waals surface area contributed by atoms with Gasteiger partial charge in [0.2, 0.25) is 12.7 Å². The lowest BCUT2D eigenvalue weighted by Gasteiger charge is -2.34. The third-order valence-electron chi connectivity index (χ3n) is 5.27. The van der Waals surface area contributed by atoms with Gasteiger partial charge in [-0.25, -0.2) is 4.68 Å². The molecule has 0 unspecified atom stereocenters. The molecule has 0 amide bonds. The lowest BCUT2D eigenvalue weighted by atomic mass is 10.2. The average Bonchev–Trinajstić information content (AvgIpc) is 3.36. The zero-order valence-corrected chi connectivity index (χ0v) is 16.8. The van der Waals surface area contributed by atoms with Crippen molar-refractivity contribution >= 4 is 12.2 Å². The fourth-order valence-corrected chi connectivity index (χ4v) is 3.84. The minimum Gasteiger partial charge on any atom is -0.454 e. The highest BCUT2D eigenvalue weighted by Crippen LogP contribution is 2.35. The molecule has 2 aromatic carbocycles. The minimum atomic E-state index is 0.243. The molecule has 1 fully saturated rings. The Morgan fingerprint density at radius 1 is 0.897 bits per heavy atom. The molecular formula is C21H22N4O3S. The van der Waals surface area contributed by atoms with Crippen molar-refractivity contribution in [3.63, 3.8) is 0 Å². The first kappa shape index (κ1) is 18.4. The van der Waals surface area contributed by atoms with Crippen LogP contribution in [0.1, 0.15) is 5.56 Å². The first-order valence-corrected chi connectivity index (χ1v) is 10.1. The standard InChI is InChI=1S/C21H22N4O3S/c29-21-25(22-20(28-21)17-6-7-18-19(12-17)27-15-26-18)14-24-10-8-23(9-11-24)13-16-4-2-1-3-5-16/h1-7,12H,8-11,13-15H2. The van der Waals surface area contributed by atoms with Crippen LogP contribution in [0, 0.1) is 4.84 Å². The summed E-state index contributed by atoms with van der Waals surface area (Å²) in [5.74, 6) is 1.93. The highest BCUT2D eigenvalue weighted by molar-refractivity contribution is 7.71. The number of benzene rings is 2. The average molecular weight is 410 g/mol. The number of nitrogens with zero attached hydrogens (tertiary/aromatic N) is 4. The predicted molar refractivity (Wildman–Crippen MR) is 110 cm³/mol. The lowest BCUT2D eigenvalue weighted by molar-refractivity contribution is 0.0974. The van der Waals surface area contributed by atoms with Crippen molar-refractivity contribution in [1.82, 2.24) is 19.6 Å². The summed E-state index contributed by atoms with van der Waals surface area (Å²) in [4.78, 5) is 5.21. The number of aromatic nitrogens is 2. The van der Waals surface area contributed by atoms with Gasteiger partial charge in [-0.05, 0) is 36.0 Å². The van der Waals surface area contributed by atoms with Gasteiger partial charge in [-0.2, -0.15) is 0 Å². The van der Waals surface area contributed by atoms with E-state index in [-0.39, 0.29) is 6.79 Å². The van der Waals surface area contributed by atoms with E-state index >= 15 is 0 Å². The van der Waals surface area contributed by atoms with Gasteiger partial charge < -0.3 is 13.9 Å². The van der Waals surface area contributed by atoms with Crippen LogP contribution in [0.5, 0.6) is 11.5 Å². The van der Waals surface area contributed by atoms with Gasteiger partial charge in [0, 0.05) is 38.3 Å². The molecule has 1 aromatic heterocycles. The van der Waals surface area contributed by atoms with E-state index in [9.17, 15) is 0 Å². The Labute approximate surface area is 174 Å². The third kappa shape index (κ3) is 4.05. The smallest absolute Gasteiger partial charge is 0.288 e. The first-order valence-electron chi connectivity index (χ1n) is 9.71. The van der Waals surface area contributed by atoms with Crippen molar-refractivity contribution in [1.29, 1.82) is 0 Å². The van der Waals surface area contributed by atoms with Crippen molar-refractivity contribution in [2.45, 2.75) is 13.2 Å². The molecule has 7 nitrogen and oxygen atoms in total. The van der Waals surface area contributed by atoms with Crippen molar-refractivity contribution < 1.29 is 13.9 Å². The second kappa shape index (κ2) is 7.98. The molecule has 1 saturated heterocycles. The van der Waals surface area contributed by atoms with E-state index < -0.39 is 0 Å². The number of hydrogen-bond acceptors (Lipinski definition) is 7. The molecule has 8 heteroatoms. The summed E-state index contributed by atoms with van der Waals surface area (Å²) < 4.78 is 18.3.